The van der Waals surface area contributed by atoms with Gasteiger partial charge in [-0.25, -0.2) is 4.98 Å². The minimum Gasteiger partial charge on any atom is -0.257 e. The lowest BCUT2D eigenvalue weighted by Gasteiger charge is -2.11. The van der Waals surface area contributed by atoms with E-state index in [9.17, 15) is 0 Å². The molecule has 0 aliphatic heterocycles. The number of benzene rings is 1. The van der Waals surface area contributed by atoms with Crippen LogP contribution in [0.4, 0.5) is 0 Å². The van der Waals surface area contributed by atoms with Gasteiger partial charge >= 0.3 is 0 Å². The minimum atomic E-state index is 0.900. The maximum Gasteiger partial charge on any atom is 0.177 e. The van der Waals surface area contributed by atoms with Crippen LogP contribution in [0.25, 0.3) is 15.9 Å². The molecule has 5 rings (SSSR count). The Labute approximate surface area is 154 Å². The van der Waals surface area contributed by atoms with Crippen LogP contribution in [0.15, 0.2) is 35.5 Å². The van der Waals surface area contributed by atoms with E-state index in [2.05, 4.69) is 44.9 Å². The van der Waals surface area contributed by atoms with Crippen LogP contribution in [0, 0.1) is 6.92 Å². The lowest BCUT2D eigenvalue weighted by atomic mass is 9.97. The number of hydrogen-bond donors (Lipinski definition) is 0. The highest BCUT2D eigenvalue weighted by atomic mass is 32.2. The first kappa shape index (κ1) is 15.3. The average molecular weight is 367 g/mol. The van der Waals surface area contributed by atoms with Crippen molar-refractivity contribution in [2.24, 2.45) is 0 Å². The zero-order chi connectivity index (χ0) is 16.8. The molecule has 0 unspecified atom stereocenters. The predicted molar refractivity (Wildman–Crippen MR) is 104 cm³/mol. The second kappa shape index (κ2) is 6.11. The first-order chi connectivity index (χ1) is 12.3. The number of aromatic nitrogens is 4. The van der Waals surface area contributed by atoms with E-state index in [0.29, 0.717) is 0 Å². The van der Waals surface area contributed by atoms with Crippen LogP contribution in [0.1, 0.15) is 34.7 Å². The molecule has 0 saturated carbocycles. The third-order valence-corrected chi connectivity index (χ3v) is 7.00. The van der Waals surface area contributed by atoms with Crippen molar-refractivity contribution in [3.63, 3.8) is 0 Å². The highest BCUT2D eigenvalue weighted by molar-refractivity contribution is 7.98. The van der Waals surface area contributed by atoms with Gasteiger partial charge in [-0.1, -0.05) is 42.1 Å². The molecule has 0 fully saturated rings. The summed E-state index contributed by atoms with van der Waals surface area (Å²) in [6.07, 6.45) is 4.89. The normalized spacial score (nSPS) is 14.3. The molecule has 3 aromatic heterocycles. The Morgan fingerprint density at radius 3 is 2.84 bits per heavy atom. The van der Waals surface area contributed by atoms with Gasteiger partial charge in [0.15, 0.2) is 10.8 Å². The Bertz CT molecular complexity index is 1070. The maximum atomic E-state index is 5.02. The largest absolute Gasteiger partial charge is 0.257 e. The van der Waals surface area contributed by atoms with Gasteiger partial charge in [-0.05, 0) is 43.7 Å². The summed E-state index contributed by atoms with van der Waals surface area (Å²) in [6, 6.07) is 10.5. The fourth-order valence-corrected chi connectivity index (χ4v) is 5.88. The Hall–Kier alpha value is -1.92. The number of thioether (sulfide) groups is 1. The molecule has 0 N–H and O–H groups in total. The molecule has 126 valence electrons. The molecule has 0 bridgehead atoms. The highest BCUT2D eigenvalue weighted by Gasteiger charge is 2.22. The zero-order valence-corrected chi connectivity index (χ0v) is 15.7. The number of aryl methyl sites for hydroxylation is 3. The van der Waals surface area contributed by atoms with Crippen molar-refractivity contribution in [1.82, 2.24) is 19.6 Å². The van der Waals surface area contributed by atoms with Crippen molar-refractivity contribution < 1.29 is 0 Å². The molecule has 0 atom stereocenters. The lowest BCUT2D eigenvalue weighted by molar-refractivity contribution is 0.700. The molecule has 4 aromatic rings. The van der Waals surface area contributed by atoms with E-state index in [1.165, 1.54) is 40.7 Å². The summed E-state index contributed by atoms with van der Waals surface area (Å²) in [6.45, 7) is 2.01. The quantitative estimate of drug-likeness (QED) is 0.385. The van der Waals surface area contributed by atoms with Gasteiger partial charge in [-0.15, -0.1) is 21.5 Å². The van der Waals surface area contributed by atoms with E-state index in [1.807, 2.05) is 18.3 Å². The average Bonchev–Trinajstić information content (AvgIpc) is 3.21. The molecule has 0 spiro atoms. The van der Waals surface area contributed by atoms with Crippen molar-refractivity contribution in [2.45, 2.75) is 43.5 Å². The second-order valence-electron chi connectivity index (χ2n) is 6.47. The molecular weight excluding hydrogens is 348 g/mol. The van der Waals surface area contributed by atoms with E-state index in [1.54, 1.807) is 11.8 Å². The molecule has 0 amide bonds. The van der Waals surface area contributed by atoms with E-state index >= 15 is 0 Å². The Kier molecular flexibility index (Phi) is 3.75. The molecule has 0 radical (unpaired) electrons. The summed E-state index contributed by atoms with van der Waals surface area (Å²) < 4.78 is 2.14. The number of nitrogens with zero attached hydrogens (tertiary/aromatic N) is 4. The van der Waals surface area contributed by atoms with Crippen LogP contribution in [-0.4, -0.2) is 19.6 Å². The fraction of sp³-hybridized carbons (Fsp3) is 0.316. The van der Waals surface area contributed by atoms with Crippen molar-refractivity contribution in [1.29, 1.82) is 0 Å². The monoisotopic (exact) mass is 366 g/mol. The van der Waals surface area contributed by atoms with Crippen LogP contribution in [0.5, 0.6) is 0 Å². The molecule has 3 heterocycles. The number of hydrogen-bond acceptors (Lipinski definition) is 5. The van der Waals surface area contributed by atoms with Gasteiger partial charge in [0.05, 0.1) is 5.39 Å². The number of thiophene rings is 1. The summed E-state index contributed by atoms with van der Waals surface area (Å²) in [7, 11) is 0. The molecule has 1 aliphatic carbocycles. The first-order valence-corrected chi connectivity index (χ1v) is 10.4. The van der Waals surface area contributed by atoms with Crippen LogP contribution in [0.2, 0.25) is 0 Å². The van der Waals surface area contributed by atoms with Gasteiger partial charge in [0.1, 0.15) is 10.7 Å². The molecule has 25 heavy (non-hydrogen) atoms. The van der Waals surface area contributed by atoms with E-state index in [-0.39, 0.29) is 0 Å². The lowest BCUT2D eigenvalue weighted by Crippen LogP contribution is -2.01. The zero-order valence-electron chi connectivity index (χ0n) is 14.0. The standard InChI is InChI=1S/C19H18N4S2/c1-12-21-22-17-16-14-9-5-6-10-15(14)25-18(16)20-19(23(12)17)24-11-13-7-3-2-4-8-13/h2-4,7-8H,5-6,9-11H2,1H3. The Morgan fingerprint density at radius 2 is 1.96 bits per heavy atom. The first-order valence-electron chi connectivity index (χ1n) is 8.64. The summed E-state index contributed by atoms with van der Waals surface area (Å²) >= 11 is 3.62. The summed E-state index contributed by atoms with van der Waals surface area (Å²) in [4.78, 5) is 7.65. The van der Waals surface area contributed by atoms with E-state index in [0.717, 1.165) is 33.6 Å². The Balaban J connectivity index is 1.66. The van der Waals surface area contributed by atoms with Gasteiger partial charge in [-0.2, -0.15) is 0 Å². The minimum absolute atomic E-state index is 0.900. The van der Waals surface area contributed by atoms with Crippen molar-refractivity contribution >= 4 is 39.0 Å². The van der Waals surface area contributed by atoms with Crippen molar-refractivity contribution in [2.75, 3.05) is 0 Å². The maximum absolute atomic E-state index is 5.02. The summed E-state index contributed by atoms with van der Waals surface area (Å²) in [5.41, 5.74) is 3.76. The molecule has 1 aliphatic rings. The summed E-state index contributed by atoms with van der Waals surface area (Å²) in [5, 5.41) is 11.1. The summed E-state index contributed by atoms with van der Waals surface area (Å²) in [5.74, 6) is 1.81. The van der Waals surface area contributed by atoms with Crippen LogP contribution in [0.3, 0.4) is 0 Å². The van der Waals surface area contributed by atoms with Gasteiger partial charge in [0.25, 0.3) is 0 Å². The fourth-order valence-electron chi connectivity index (χ4n) is 3.57. The molecule has 0 saturated heterocycles. The molecular formula is C19H18N4S2. The molecule has 4 nitrogen and oxygen atoms in total. The molecule has 6 heteroatoms. The van der Waals surface area contributed by atoms with Crippen LogP contribution >= 0.6 is 23.1 Å². The smallest absolute Gasteiger partial charge is 0.177 e. The third-order valence-electron chi connectivity index (χ3n) is 4.80. The second-order valence-corrected chi connectivity index (χ2v) is 8.49. The molecule has 1 aromatic carbocycles. The predicted octanol–water partition coefficient (Wildman–Crippen LogP) is 4.82. The van der Waals surface area contributed by atoms with Gasteiger partial charge < -0.3 is 0 Å². The van der Waals surface area contributed by atoms with Crippen LogP contribution < -0.4 is 0 Å². The third kappa shape index (κ3) is 2.55. The Morgan fingerprint density at radius 1 is 1.12 bits per heavy atom. The van der Waals surface area contributed by atoms with E-state index in [4.69, 9.17) is 4.98 Å². The topological polar surface area (TPSA) is 43.1 Å². The number of rotatable bonds is 3. The van der Waals surface area contributed by atoms with Crippen molar-refractivity contribution in [3.8, 4) is 0 Å². The highest BCUT2D eigenvalue weighted by Crippen LogP contribution is 2.39. The van der Waals surface area contributed by atoms with Gasteiger partial charge in [0, 0.05) is 10.6 Å². The van der Waals surface area contributed by atoms with E-state index < -0.39 is 0 Å². The SMILES string of the molecule is Cc1nnc2c3c4c(sc3nc(SCc3ccccc3)n12)CCCC4. The van der Waals surface area contributed by atoms with Gasteiger partial charge in [0.2, 0.25) is 0 Å². The van der Waals surface area contributed by atoms with Crippen LogP contribution in [-0.2, 0) is 18.6 Å². The van der Waals surface area contributed by atoms with Gasteiger partial charge in [-0.3, -0.25) is 4.40 Å². The number of fused-ring (bicyclic) bond motifs is 5. The van der Waals surface area contributed by atoms with Crippen molar-refractivity contribution in [3.05, 3.63) is 52.2 Å².